The highest BCUT2D eigenvalue weighted by molar-refractivity contribution is 7.18. The van der Waals surface area contributed by atoms with Crippen LogP contribution >= 0.6 is 11.3 Å². The molecule has 124 valence electrons. The molecule has 0 aliphatic carbocycles. The van der Waals surface area contributed by atoms with Gasteiger partial charge in [0.2, 0.25) is 0 Å². The largest absolute Gasteiger partial charge is 0.481 e. The van der Waals surface area contributed by atoms with Crippen molar-refractivity contribution in [1.82, 2.24) is 9.55 Å². The third kappa shape index (κ3) is 2.97. The van der Waals surface area contributed by atoms with Gasteiger partial charge in [0.15, 0.2) is 0 Å². The number of rotatable bonds is 5. The molecule has 0 bridgehead atoms. The van der Waals surface area contributed by atoms with Gasteiger partial charge in [-0.2, -0.15) is 0 Å². The van der Waals surface area contributed by atoms with Gasteiger partial charge in [0.05, 0.1) is 11.8 Å². The maximum Gasteiger partial charge on any atom is 0.305 e. The van der Waals surface area contributed by atoms with Gasteiger partial charge in [-0.1, -0.05) is 31.2 Å². The van der Waals surface area contributed by atoms with Crippen molar-refractivity contribution in [3.8, 4) is 11.4 Å². The Morgan fingerprint density at radius 1 is 1.33 bits per heavy atom. The number of hydrogen-bond acceptors (Lipinski definition) is 4. The van der Waals surface area contributed by atoms with Gasteiger partial charge in [-0.3, -0.25) is 14.2 Å². The number of benzene rings is 1. The molecule has 0 fully saturated rings. The number of carboxylic acids is 1. The molecule has 5 nitrogen and oxygen atoms in total. The molecule has 1 N–H and O–H groups in total. The number of carbonyl (C=O) groups is 1. The minimum absolute atomic E-state index is 0.109. The van der Waals surface area contributed by atoms with E-state index in [1.807, 2.05) is 44.2 Å². The van der Waals surface area contributed by atoms with Crippen molar-refractivity contribution in [2.75, 3.05) is 0 Å². The second-order valence-corrected chi connectivity index (χ2v) is 6.75. The Morgan fingerprint density at radius 3 is 2.75 bits per heavy atom. The van der Waals surface area contributed by atoms with Gasteiger partial charge in [0.25, 0.3) is 5.56 Å². The summed E-state index contributed by atoms with van der Waals surface area (Å²) in [5.41, 5.74) is 1.68. The minimum atomic E-state index is -0.933. The van der Waals surface area contributed by atoms with Crippen molar-refractivity contribution in [2.45, 2.75) is 33.2 Å². The molecule has 24 heavy (non-hydrogen) atoms. The number of aryl methyl sites for hydroxylation is 2. The lowest BCUT2D eigenvalue weighted by Crippen LogP contribution is -2.24. The third-order valence-electron chi connectivity index (χ3n) is 3.99. The van der Waals surface area contributed by atoms with Gasteiger partial charge >= 0.3 is 5.97 Å². The summed E-state index contributed by atoms with van der Waals surface area (Å²) in [6, 6.07) is 9.56. The molecule has 0 atom stereocenters. The van der Waals surface area contributed by atoms with Gasteiger partial charge in [-0.15, -0.1) is 11.3 Å². The van der Waals surface area contributed by atoms with E-state index < -0.39 is 5.97 Å². The zero-order chi connectivity index (χ0) is 17.3. The Labute approximate surface area is 143 Å². The molecule has 2 aromatic heterocycles. The molecule has 3 rings (SSSR count). The Bertz CT molecular complexity index is 972. The van der Waals surface area contributed by atoms with Crippen LogP contribution in [0.5, 0.6) is 0 Å². The van der Waals surface area contributed by atoms with Crippen LogP contribution in [-0.2, 0) is 17.8 Å². The summed E-state index contributed by atoms with van der Waals surface area (Å²) < 4.78 is 1.49. The molecule has 0 aliphatic heterocycles. The Kier molecular flexibility index (Phi) is 4.49. The maximum absolute atomic E-state index is 12.9. The molecule has 6 heteroatoms. The molecule has 1 aromatic carbocycles. The number of aromatic nitrogens is 2. The van der Waals surface area contributed by atoms with E-state index in [-0.39, 0.29) is 18.5 Å². The molecule has 2 heterocycles. The molecule has 0 unspecified atom stereocenters. The molecular formula is C18H18N2O3S. The van der Waals surface area contributed by atoms with Crippen molar-refractivity contribution in [3.63, 3.8) is 0 Å². The van der Waals surface area contributed by atoms with Crippen LogP contribution in [0.25, 0.3) is 21.6 Å². The molecular weight excluding hydrogens is 324 g/mol. The first-order valence-electron chi connectivity index (χ1n) is 7.82. The van der Waals surface area contributed by atoms with Gasteiger partial charge in [-0.05, 0) is 25.0 Å². The van der Waals surface area contributed by atoms with E-state index in [0.717, 1.165) is 22.4 Å². The lowest BCUT2D eigenvalue weighted by Gasteiger charge is -2.13. The van der Waals surface area contributed by atoms with E-state index in [9.17, 15) is 9.59 Å². The number of hydrogen-bond donors (Lipinski definition) is 1. The van der Waals surface area contributed by atoms with Crippen LogP contribution in [0.15, 0.2) is 35.1 Å². The fourth-order valence-electron chi connectivity index (χ4n) is 2.68. The molecule has 0 saturated carbocycles. The van der Waals surface area contributed by atoms with E-state index >= 15 is 0 Å². The zero-order valence-electron chi connectivity index (χ0n) is 13.6. The van der Waals surface area contributed by atoms with Gasteiger partial charge < -0.3 is 5.11 Å². The summed E-state index contributed by atoms with van der Waals surface area (Å²) in [7, 11) is 0. The average Bonchev–Trinajstić information content (AvgIpc) is 2.98. The van der Waals surface area contributed by atoms with Crippen LogP contribution in [0.2, 0.25) is 0 Å². The normalized spacial score (nSPS) is 11.1. The van der Waals surface area contributed by atoms with Gasteiger partial charge in [0, 0.05) is 17.0 Å². The number of carboxylic acid groups (broad SMARTS) is 1. The number of aliphatic carboxylic acids is 1. The van der Waals surface area contributed by atoms with Crippen LogP contribution in [0.4, 0.5) is 0 Å². The van der Waals surface area contributed by atoms with Crippen LogP contribution in [0.1, 0.15) is 23.8 Å². The second kappa shape index (κ2) is 6.57. The molecule has 0 amide bonds. The van der Waals surface area contributed by atoms with E-state index in [1.54, 1.807) is 0 Å². The first kappa shape index (κ1) is 16.4. The first-order chi connectivity index (χ1) is 11.5. The zero-order valence-corrected chi connectivity index (χ0v) is 14.4. The van der Waals surface area contributed by atoms with Crippen molar-refractivity contribution in [3.05, 3.63) is 51.1 Å². The van der Waals surface area contributed by atoms with Crippen molar-refractivity contribution in [2.24, 2.45) is 0 Å². The van der Waals surface area contributed by atoms with E-state index in [1.165, 1.54) is 15.9 Å². The number of fused-ring (bicyclic) bond motifs is 1. The smallest absolute Gasteiger partial charge is 0.305 e. The van der Waals surface area contributed by atoms with E-state index in [2.05, 4.69) is 0 Å². The minimum Gasteiger partial charge on any atom is -0.481 e. The summed E-state index contributed by atoms with van der Waals surface area (Å²) >= 11 is 1.52. The lowest BCUT2D eigenvalue weighted by atomic mass is 10.1. The monoisotopic (exact) mass is 342 g/mol. The topological polar surface area (TPSA) is 72.2 Å². The summed E-state index contributed by atoms with van der Waals surface area (Å²) in [5, 5.41) is 9.57. The van der Waals surface area contributed by atoms with Gasteiger partial charge in [-0.25, -0.2) is 4.98 Å². The lowest BCUT2D eigenvalue weighted by molar-refractivity contribution is -0.137. The van der Waals surface area contributed by atoms with Crippen LogP contribution < -0.4 is 5.56 Å². The van der Waals surface area contributed by atoms with Crippen LogP contribution in [-0.4, -0.2) is 20.6 Å². The van der Waals surface area contributed by atoms with E-state index in [0.29, 0.717) is 16.0 Å². The summed E-state index contributed by atoms with van der Waals surface area (Å²) in [6.45, 7) is 4.10. The highest BCUT2D eigenvalue weighted by Crippen LogP contribution is 2.27. The average molecular weight is 342 g/mol. The molecule has 0 radical (unpaired) electrons. The summed E-state index contributed by atoms with van der Waals surface area (Å²) in [6.07, 6.45) is 0.728. The second-order valence-electron chi connectivity index (χ2n) is 5.64. The van der Waals surface area contributed by atoms with Crippen molar-refractivity contribution >= 4 is 27.5 Å². The predicted octanol–water partition coefficient (Wildman–Crippen LogP) is 3.47. The summed E-state index contributed by atoms with van der Waals surface area (Å²) in [4.78, 5) is 30.4. The summed E-state index contributed by atoms with van der Waals surface area (Å²) in [5.74, 6) is -0.395. The Hall–Kier alpha value is -2.47. The van der Waals surface area contributed by atoms with Crippen molar-refractivity contribution < 1.29 is 9.90 Å². The fourth-order valence-corrected chi connectivity index (χ4v) is 3.64. The molecule has 0 spiro atoms. The Balaban J connectivity index is 2.28. The van der Waals surface area contributed by atoms with Crippen LogP contribution in [0, 0.1) is 6.92 Å². The van der Waals surface area contributed by atoms with Crippen molar-refractivity contribution in [1.29, 1.82) is 0 Å². The van der Waals surface area contributed by atoms with E-state index in [4.69, 9.17) is 10.1 Å². The predicted molar refractivity (Wildman–Crippen MR) is 95.7 cm³/mol. The van der Waals surface area contributed by atoms with Gasteiger partial charge in [0.1, 0.15) is 10.7 Å². The molecule has 3 aromatic rings. The number of nitrogens with zero attached hydrogens (tertiary/aromatic N) is 2. The standard InChI is InChI=1S/C18H18N2O3S/c1-3-12-10-14-17(24-12)19-16(13-7-5-4-6-11(13)2)20(18(14)23)9-8-15(21)22/h4-7,10H,3,8-9H2,1-2H3,(H,21,22). The first-order valence-corrected chi connectivity index (χ1v) is 8.64. The Morgan fingerprint density at radius 2 is 2.08 bits per heavy atom. The third-order valence-corrected chi connectivity index (χ3v) is 5.16. The fraction of sp³-hybridized carbons (Fsp3) is 0.278. The maximum atomic E-state index is 12.9. The SMILES string of the molecule is CCc1cc2c(=O)n(CCC(=O)O)c(-c3ccccc3C)nc2s1. The molecule has 0 aliphatic rings. The highest BCUT2D eigenvalue weighted by Gasteiger charge is 2.17. The highest BCUT2D eigenvalue weighted by atomic mass is 32.1. The number of thiophene rings is 1. The molecule has 0 saturated heterocycles. The van der Waals surface area contributed by atoms with Crippen LogP contribution in [0.3, 0.4) is 0 Å². The quantitative estimate of drug-likeness (QED) is 0.770.